The number of thioether (sulfide) groups is 1. The predicted octanol–water partition coefficient (Wildman–Crippen LogP) is 4.67. The first-order chi connectivity index (χ1) is 38.1. The lowest BCUT2D eigenvalue weighted by Crippen LogP contribution is -2.59. The summed E-state index contributed by atoms with van der Waals surface area (Å²) in [6.07, 6.45) is 2.75. The van der Waals surface area contributed by atoms with Gasteiger partial charge in [0.05, 0.1) is 31.3 Å². The number of nitrogens with zero attached hydrogens (tertiary/aromatic N) is 2. The van der Waals surface area contributed by atoms with Crippen LogP contribution in [0.3, 0.4) is 0 Å². The number of nitrogens with one attached hydrogen (secondary N) is 4. The number of fused-ring (bicyclic) bond motifs is 1. The number of phenols is 1. The number of aliphatic hydroxyl groups excluding tert-OH is 1. The highest BCUT2D eigenvalue weighted by Gasteiger charge is 2.42. The van der Waals surface area contributed by atoms with E-state index >= 15 is 0 Å². The molecule has 2 aliphatic heterocycles. The van der Waals surface area contributed by atoms with Crippen molar-refractivity contribution in [3.63, 3.8) is 0 Å². The predicted molar refractivity (Wildman–Crippen MR) is 298 cm³/mol. The number of ether oxygens (including phenoxy) is 6. The van der Waals surface area contributed by atoms with E-state index in [2.05, 4.69) is 21.3 Å². The average molecular weight is 1150 g/mol. The van der Waals surface area contributed by atoms with Crippen molar-refractivity contribution in [1.29, 1.82) is 0 Å². The maximum Gasteiger partial charge on any atom is 0.313 e. The highest BCUT2D eigenvalue weighted by Crippen LogP contribution is 2.36. The van der Waals surface area contributed by atoms with Gasteiger partial charge in [0.2, 0.25) is 17.7 Å². The van der Waals surface area contributed by atoms with Gasteiger partial charge >= 0.3 is 23.9 Å². The molecule has 0 spiro atoms. The molecule has 1 fully saturated rings. The van der Waals surface area contributed by atoms with Crippen LogP contribution in [0.2, 0.25) is 0 Å². The Morgan fingerprint density at radius 3 is 2.35 bits per heavy atom. The molecular formula is C57H90N6O16S. The maximum absolute atomic E-state index is 15.0. The molecule has 1 aliphatic carbocycles. The van der Waals surface area contributed by atoms with Gasteiger partial charge in [-0.25, -0.2) is 0 Å². The van der Waals surface area contributed by atoms with E-state index in [1.54, 1.807) is 11.5 Å². The van der Waals surface area contributed by atoms with E-state index in [4.69, 9.17) is 28.4 Å². The van der Waals surface area contributed by atoms with Gasteiger partial charge in [0, 0.05) is 63.8 Å². The first-order valence-corrected chi connectivity index (χ1v) is 29.3. The van der Waals surface area contributed by atoms with Gasteiger partial charge in [-0.1, -0.05) is 67.4 Å². The Morgan fingerprint density at radius 2 is 1.70 bits per heavy atom. The van der Waals surface area contributed by atoms with Crippen LogP contribution in [0.25, 0.3) is 0 Å². The summed E-state index contributed by atoms with van der Waals surface area (Å²) in [5.74, 6) is -5.07. The lowest BCUT2D eigenvalue weighted by Gasteiger charge is -2.40. The molecule has 450 valence electrons. The Kier molecular flexibility index (Phi) is 28.5. The molecule has 2 heterocycles. The van der Waals surface area contributed by atoms with Gasteiger partial charge in [0.1, 0.15) is 35.6 Å². The molecule has 3 unspecified atom stereocenters. The highest BCUT2D eigenvalue weighted by molar-refractivity contribution is 8.03. The third kappa shape index (κ3) is 21.4. The summed E-state index contributed by atoms with van der Waals surface area (Å²) in [5.41, 5.74) is 1.49. The smallest absolute Gasteiger partial charge is 0.313 e. The summed E-state index contributed by atoms with van der Waals surface area (Å²) in [7, 11) is 3.30. The van der Waals surface area contributed by atoms with Gasteiger partial charge in [-0.3, -0.25) is 43.3 Å². The number of likely N-dealkylation sites (tertiary alicyclic amines) is 1. The van der Waals surface area contributed by atoms with Crippen LogP contribution in [-0.2, 0) is 73.2 Å². The number of hydrogen-bond donors (Lipinski definition) is 6. The zero-order chi connectivity index (χ0) is 59.1. The van der Waals surface area contributed by atoms with Crippen LogP contribution >= 0.6 is 11.8 Å². The van der Waals surface area contributed by atoms with E-state index in [0.717, 1.165) is 24.9 Å². The summed E-state index contributed by atoms with van der Waals surface area (Å²) in [5, 5.41) is 32.8. The number of amides is 4. The van der Waals surface area contributed by atoms with E-state index in [-0.39, 0.29) is 106 Å². The van der Waals surface area contributed by atoms with Crippen LogP contribution in [-0.4, -0.2) is 169 Å². The fourth-order valence-electron chi connectivity index (χ4n) is 9.86. The van der Waals surface area contributed by atoms with Crippen LogP contribution in [0.15, 0.2) is 29.3 Å². The minimum Gasteiger partial charge on any atom is -0.508 e. The number of rotatable bonds is 33. The molecule has 22 nitrogen and oxygen atoms in total. The van der Waals surface area contributed by atoms with Crippen molar-refractivity contribution in [3.05, 3.63) is 40.4 Å². The minimum absolute atomic E-state index is 0.00133. The zero-order valence-electron chi connectivity index (χ0n) is 48.6. The number of phenolic OH excluding ortho intramolecular Hbond substituents is 1. The number of esters is 4. The standard InChI is InChI=1S/C57H90N6O16S/c1-11-36(7)52(61-54(71)45-17-13-14-23-62(45)9)56(72)63(33-77-50(69)25-34(3)4)46(35(5)6)29-47(78-37(8)65)55-60-44(32-80-55)53(70)59-39-26-38-20-21-40(66)28-42(38)43(27-39)57(73)75-24-16-22-58-48(67)18-15-19-49(68)76-31-51(74-10)79-41(12-2)30-64/h20-21,28,32,34-36,39,41,43,45-47,51-52,55,60,64,66H,11-19,22-27,29-31,33H2,1-10H3,(H,58,67)(H,59,70)(H,61,71)/t36-,39-,41?,43+,45+,46+,47+,51?,52-,55?/m0/s1. The fraction of sp³-hybridized carbons (Fsp3) is 0.719. The monoisotopic (exact) mass is 1150 g/mol. The molecule has 0 aromatic heterocycles. The Labute approximate surface area is 476 Å². The lowest BCUT2D eigenvalue weighted by molar-refractivity contribution is -0.194. The summed E-state index contributed by atoms with van der Waals surface area (Å²) in [4.78, 5) is 111. The number of aromatic hydroxyl groups is 1. The van der Waals surface area contributed by atoms with Crippen molar-refractivity contribution < 1.29 is 77.0 Å². The van der Waals surface area contributed by atoms with E-state index < -0.39 is 96.4 Å². The molecule has 1 saturated heterocycles. The van der Waals surface area contributed by atoms with Crippen molar-refractivity contribution in [2.24, 2.45) is 17.8 Å². The molecular weight excluding hydrogens is 1060 g/mol. The Balaban J connectivity index is 1.38. The maximum atomic E-state index is 15.0. The van der Waals surface area contributed by atoms with Crippen molar-refractivity contribution >= 4 is 59.3 Å². The first kappa shape index (κ1) is 67.0. The number of carbonyl (C=O) groups excluding carboxylic acids is 8. The van der Waals surface area contributed by atoms with Crippen molar-refractivity contribution in [1.82, 2.24) is 31.1 Å². The SMILES string of the molecule is CCC(CO)OC(COC(=O)CCCC(=O)NCCCOC(=O)[C@@H]1C[C@@H](NC(=O)C2=CSC([C@@H](C[C@H](C(C)C)N(COC(=O)CC(C)C)C(=O)[C@@H](NC(=O)[C@H]3CCCCN3C)[C@@H](C)CC)OC(C)=O)N2)Cc2ccc(O)cc21)OC. The third-order valence-corrected chi connectivity index (χ3v) is 15.8. The van der Waals surface area contributed by atoms with E-state index in [1.807, 2.05) is 60.4 Å². The van der Waals surface area contributed by atoms with E-state index in [9.17, 15) is 48.6 Å². The van der Waals surface area contributed by atoms with Crippen LogP contribution in [0.1, 0.15) is 149 Å². The molecule has 6 N–H and O–H groups in total. The Bertz CT molecular complexity index is 2250. The molecule has 4 amide bonds. The molecule has 10 atom stereocenters. The van der Waals surface area contributed by atoms with Gasteiger partial charge in [0.15, 0.2) is 13.0 Å². The summed E-state index contributed by atoms with van der Waals surface area (Å²) in [6, 6.07) is 2.16. The minimum atomic E-state index is -0.949. The topological polar surface area (TPSA) is 287 Å². The lowest BCUT2D eigenvalue weighted by atomic mass is 9.80. The molecule has 80 heavy (non-hydrogen) atoms. The number of hydrogen-bond acceptors (Lipinski definition) is 19. The number of benzene rings is 1. The van der Waals surface area contributed by atoms with Gasteiger partial charge < -0.3 is 64.8 Å². The quantitative estimate of drug-likeness (QED) is 0.0241. The van der Waals surface area contributed by atoms with Crippen molar-refractivity contribution in [2.75, 3.05) is 53.8 Å². The zero-order valence-corrected chi connectivity index (χ0v) is 49.4. The highest BCUT2D eigenvalue weighted by atomic mass is 32.2. The Hall–Kier alpha value is -5.49. The molecule has 0 radical (unpaired) electrons. The molecule has 1 aromatic carbocycles. The van der Waals surface area contributed by atoms with Crippen LogP contribution in [0.4, 0.5) is 0 Å². The van der Waals surface area contributed by atoms with Crippen molar-refractivity contribution in [2.45, 2.75) is 193 Å². The number of likely N-dealkylation sites (N-methyl/N-ethyl adjacent to an activating group) is 1. The van der Waals surface area contributed by atoms with E-state index in [1.165, 1.54) is 42.8 Å². The fourth-order valence-corrected chi connectivity index (χ4v) is 10.9. The van der Waals surface area contributed by atoms with Gasteiger partial charge in [-0.15, -0.1) is 11.8 Å². The van der Waals surface area contributed by atoms with Gasteiger partial charge in [-0.2, -0.15) is 0 Å². The number of carbonyl (C=O) groups is 8. The number of aliphatic hydroxyl groups is 1. The van der Waals surface area contributed by atoms with Crippen LogP contribution in [0, 0.1) is 17.8 Å². The van der Waals surface area contributed by atoms with Crippen molar-refractivity contribution in [3.8, 4) is 5.75 Å². The van der Waals surface area contributed by atoms with Crippen LogP contribution < -0.4 is 21.3 Å². The van der Waals surface area contributed by atoms with Gasteiger partial charge in [0.25, 0.3) is 5.91 Å². The van der Waals surface area contributed by atoms with Crippen LogP contribution in [0.5, 0.6) is 5.75 Å². The number of piperidine rings is 1. The molecule has 1 aromatic rings. The molecule has 0 saturated carbocycles. The second-order valence-electron chi connectivity index (χ2n) is 21.8. The molecule has 23 heteroatoms. The molecule has 0 bridgehead atoms. The molecule has 3 aliphatic rings. The largest absolute Gasteiger partial charge is 0.508 e. The van der Waals surface area contributed by atoms with E-state index in [0.29, 0.717) is 37.7 Å². The average Bonchev–Trinajstić information content (AvgIpc) is 3.96. The third-order valence-electron chi connectivity index (χ3n) is 14.7. The van der Waals surface area contributed by atoms with Gasteiger partial charge in [-0.05, 0) is 99.6 Å². The first-order valence-electron chi connectivity index (χ1n) is 28.4. The summed E-state index contributed by atoms with van der Waals surface area (Å²) in [6.45, 7) is 14.7. The Morgan fingerprint density at radius 1 is 0.950 bits per heavy atom. The number of methoxy groups -OCH3 is 1. The molecule has 4 rings (SSSR count). The second-order valence-corrected chi connectivity index (χ2v) is 22.8. The summed E-state index contributed by atoms with van der Waals surface area (Å²) < 4.78 is 33.3. The summed E-state index contributed by atoms with van der Waals surface area (Å²) >= 11 is 1.23. The second kappa shape index (κ2) is 34.1. The normalized spacial score (nSPS) is 20.3.